The molecule has 0 aliphatic heterocycles. The molecule has 4 heteroatoms. The van der Waals surface area contributed by atoms with Gasteiger partial charge in [0.1, 0.15) is 0 Å². The van der Waals surface area contributed by atoms with Crippen molar-refractivity contribution in [3.63, 3.8) is 0 Å². The van der Waals surface area contributed by atoms with Crippen LogP contribution in [0.4, 0.5) is 0 Å². The van der Waals surface area contributed by atoms with Crippen LogP contribution in [0.2, 0.25) is 0 Å². The number of aromatic nitrogens is 1. The number of nitrogens with zero attached hydrogens (tertiary/aromatic N) is 1. The maximum absolute atomic E-state index is 10.8. The molecule has 0 amide bonds. The minimum absolute atomic E-state index is 0.122. The van der Waals surface area contributed by atoms with E-state index in [1.54, 1.807) is 11.6 Å². The van der Waals surface area contributed by atoms with Gasteiger partial charge in [-0.15, -0.1) is 0 Å². The van der Waals surface area contributed by atoms with E-state index in [4.69, 9.17) is 0 Å². The molecule has 0 aliphatic carbocycles. The van der Waals surface area contributed by atoms with Gasteiger partial charge in [-0.1, -0.05) is 11.3 Å². The van der Waals surface area contributed by atoms with Crippen LogP contribution < -0.4 is 4.87 Å². The highest BCUT2D eigenvalue weighted by Gasteiger charge is 2.02. The fraction of sp³-hybridized carbons (Fsp3) is 0.400. The number of rotatable bonds is 0. The molecule has 0 radical (unpaired) electrons. The second-order valence-electron chi connectivity index (χ2n) is 1.77. The monoisotopic (exact) mass is 255 g/mol. The largest absolute Gasteiger partial charge is 0.307 e. The molecule has 0 fully saturated rings. The summed E-state index contributed by atoms with van der Waals surface area (Å²) in [6.07, 6.45) is 0. The van der Waals surface area contributed by atoms with Gasteiger partial charge >= 0.3 is 4.87 Å². The zero-order valence-electron chi connectivity index (χ0n) is 5.14. The molecule has 50 valence electrons. The van der Waals surface area contributed by atoms with Crippen LogP contribution >= 0.6 is 33.9 Å². The topological polar surface area (TPSA) is 22.0 Å². The lowest BCUT2D eigenvalue weighted by Gasteiger charge is -1.88. The predicted octanol–water partition coefficient (Wildman–Crippen LogP) is 1.36. The van der Waals surface area contributed by atoms with E-state index in [0.29, 0.717) is 0 Å². The SMILES string of the molecule is Cc1sc(=O)n(C)c1I. The van der Waals surface area contributed by atoms with Gasteiger partial charge < -0.3 is 0 Å². The van der Waals surface area contributed by atoms with Crippen LogP contribution in [0.1, 0.15) is 4.88 Å². The lowest BCUT2D eigenvalue weighted by Crippen LogP contribution is -2.08. The number of halogens is 1. The summed E-state index contributed by atoms with van der Waals surface area (Å²) in [4.78, 5) is 12.1. The van der Waals surface area contributed by atoms with Gasteiger partial charge in [0, 0.05) is 11.9 Å². The first kappa shape index (κ1) is 7.27. The molecule has 0 atom stereocenters. The predicted molar refractivity (Wildman–Crippen MR) is 47.0 cm³/mol. The van der Waals surface area contributed by atoms with Gasteiger partial charge in [0.25, 0.3) is 0 Å². The summed E-state index contributed by atoms with van der Waals surface area (Å²) >= 11 is 3.46. The first-order valence-electron chi connectivity index (χ1n) is 2.45. The van der Waals surface area contributed by atoms with Crippen molar-refractivity contribution in [2.75, 3.05) is 0 Å². The number of aryl methyl sites for hydroxylation is 1. The molecular weight excluding hydrogens is 249 g/mol. The molecule has 0 aromatic carbocycles. The molecule has 2 nitrogen and oxygen atoms in total. The second-order valence-corrected chi connectivity index (χ2v) is 3.96. The Labute approximate surface area is 70.7 Å². The van der Waals surface area contributed by atoms with E-state index in [9.17, 15) is 4.79 Å². The van der Waals surface area contributed by atoms with Crippen molar-refractivity contribution < 1.29 is 0 Å². The first-order chi connectivity index (χ1) is 4.13. The van der Waals surface area contributed by atoms with Crippen LogP contribution in [0.3, 0.4) is 0 Å². The Morgan fingerprint density at radius 1 is 1.67 bits per heavy atom. The van der Waals surface area contributed by atoms with Gasteiger partial charge in [-0.3, -0.25) is 9.36 Å². The van der Waals surface area contributed by atoms with Crippen LogP contribution in [-0.2, 0) is 7.05 Å². The Balaban J connectivity index is 3.47. The molecule has 9 heavy (non-hydrogen) atoms. The molecule has 0 aliphatic rings. The molecule has 0 bridgehead atoms. The highest BCUT2D eigenvalue weighted by Crippen LogP contribution is 2.11. The van der Waals surface area contributed by atoms with Crippen molar-refractivity contribution in [2.45, 2.75) is 6.92 Å². The third kappa shape index (κ3) is 1.19. The highest BCUT2D eigenvalue weighted by molar-refractivity contribution is 14.1. The van der Waals surface area contributed by atoms with Crippen LogP contribution in [0.5, 0.6) is 0 Å². The molecule has 1 aromatic rings. The van der Waals surface area contributed by atoms with E-state index < -0.39 is 0 Å². The van der Waals surface area contributed by atoms with Crippen LogP contribution in [0, 0.1) is 10.6 Å². The van der Waals surface area contributed by atoms with Crippen molar-refractivity contribution in [1.82, 2.24) is 4.57 Å². The zero-order chi connectivity index (χ0) is 7.02. The molecule has 0 N–H and O–H groups in total. The smallest absolute Gasteiger partial charge is 0.297 e. The van der Waals surface area contributed by atoms with E-state index in [2.05, 4.69) is 22.6 Å². The molecule has 1 rings (SSSR count). The van der Waals surface area contributed by atoms with Gasteiger partial charge in [-0.2, -0.15) is 0 Å². The lowest BCUT2D eigenvalue weighted by molar-refractivity contribution is 0.863. The van der Waals surface area contributed by atoms with Crippen LogP contribution in [0.15, 0.2) is 4.79 Å². The van der Waals surface area contributed by atoms with E-state index >= 15 is 0 Å². The molecule has 1 aromatic heterocycles. The van der Waals surface area contributed by atoms with Crippen molar-refractivity contribution in [3.05, 3.63) is 18.2 Å². The Kier molecular flexibility index (Phi) is 1.95. The van der Waals surface area contributed by atoms with E-state index in [1.165, 1.54) is 11.3 Å². The zero-order valence-corrected chi connectivity index (χ0v) is 8.12. The average Bonchev–Trinajstić information content (AvgIpc) is 1.98. The van der Waals surface area contributed by atoms with E-state index in [1.807, 2.05) is 6.92 Å². The maximum Gasteiger partial charge on any atom is 0.307 e. The summed E-state index contributed by atoms with van der Waals surface area (Å²) in [6.45, 7) is 1.95. The molecular formula is C5H6INOS. The number of hydrogen-bond donors (Lipinski definition) is 0. The maximum atomic E-state index is 10.8. The Morgan fingerprint density at radius 2 is 2.22 bits per heavy atom. The minimum Gasteiger partial charge on any atom is -0.297 e. The van der Waals surface area contributed by atoms with Gasteiger partial charge in [-0.05, 0) is 29.5 Å². The fourth-order valence-corrected chi connectivity index (χ4v) is 1.98. The van der Waals surface area contributed by atoms with Crippen molar-refractivity contribution in [3.8, 4) is 0 Å². The first-order valence-corrected chi connectivity index (χ1v) is 4.34. The van der Waals surface area contributed by atoms with Gasteiger partial charge in [0.05, 0.1) is 3.70 Å². The summed E-state index contributed by atoms with van der Waals surface area (Å²) in [5.41, 5.74) is 0. The number of thiazole rings is 1. The van der Waals surface area contributed by atoms with E-state index in [-0.39, 0.29) is 4.87 Å². The molecule has 0 spiro atoms. The Morgan fingerprint density at radius 3 is 2.33 bits per heavy atom. The summed E-state index contributed by atoms with van der Waals surface area (Å²) in [5.74, 6) is 0. The Bertz CT molecular complexity index is 275. The summed E-state index contributed by atoms with van der Waals surface area (Å²) in [7, 11) is 1.79. The summed E-state index contributed by atoms with van der Waals surface area (Å²) < 4.78 is 2.70. The summed E-state index contributed by atoms with van der Waals surface area (Å²) in [6, 6.07) is 0. The standard InChI is InChI=1S/C5H6INOS/c1-3-4(6)7(2)5(8)9-3/h1-2H3. The Hall–Kier alpha value is 0.160. The summed E-state index contributed by atoms with van der Waals surface area (Å²) in [5, 5.41) is 0. The van der Waals surface area contributed by atoms with Crippen molar-refractivity contribution in [1.29, 1.82) is 0 Å². The quantitative estimate of drug-likeness (QED) is 0.641. The van der Waals surface area contributed by atoms with Crippen LogP contribution in [0.25, 0.3) is 0 Å². The third-order valence-corrected chi connectivity index (χ3v) is 3.95. The van der Waals surface area contributed by atoms with Gasteiger partial charge in [0.15, 0.2) is 0 Å². The molecule has 0 saturated heterocycles. The normalized spacial score (nSPS) is 10.1. The van der Waals surface area contributed by atoms with Gasteiger partial charge in [-0.25, -0.2) is 0 Å². The number of hydrogen-bond acceptors (Lipinski definition) is 2. The molecule has 0 saturated carbocycles. The van der Waals surface area contributed by atoms with Crippen molar-refractivity contribution in [2.24, 2.45) is 7.05 Å². The van der Waals surface area contributed by atoms with Crippen LogP contribution in [-0.4, -0.2) is 4.57 Å². The minimum atomic E-state index is 0.122. The van der Waals surface area contributed by atoms with Crippen molar-refractivity contribution >= 4 is 33.9 Å². The van der Waals surface area contributed by atoms with E-state index in [0.717, 1.165) is 8.58 Å². The lowest BCUT2D eigenvalue weighted by atomic mass is 10.6. The second kappa shape index (κ2) is 2.42. The van der Waals surface area contributed by atoms with Gasteiger partial charge in [0.2, 0.25) is 0 Å². The molecule has 0 unspecified atom stereocenters. The highest BCUT2D eigenvalue weighted by atomic mass is 127. The molecule has 1 heterocycles. The average molecular weight is 255 g/mol. The fourth-order valence-electron chi connectivity index (χ4n) is 0.558. The third-order valence-electron chi connectivity index (χ3n) is 1.10.